The highest BCUT2D eigenvalue weighted by molar-refractivity contribution is 5.75. The SMILES string of the molecule is CC(C)OC(=O)C1CCCN(C(=O)OC(C)(C)C)C1. The van der Waals surface area contributed by atoms with Gasteiger partial charge in [-0.15, -0.1) is 0 Å². The van der Waals surface area contributed by atoms with Crippen molar-refractivity contribution in [2.45, 2.75) is 59.2 Å². The lowest BCUT2D eigenvalue weighted by Gasteiger charge is -2.33. The minimum atomic E-state index is -0.511. The van der Waals surface area contributed by atoms with Gasteiger partial charge in [-0.05, 0) is 47.5 Å². The molecule has 1 unspecified atom stereocenters. The molecule has 0 saturated carbocycles. The van der Waals surface area contributed by atoms with E-state index in [0.29, 0.717) is 13.1 Å². The summed E-state index contributed by atoms with van der Waals surface area (Å²) in [5, 5.41) is 0. The minimum Gasteiger partial charge on any atom is -0.463 e. The quantitative estimate of drug-likeness (QED) is 0.724. The molecule has 1 heterocycles. The van der Waals surface area contributed by atoms with Crippen molar-refractivity contribution in [3.8, 4) is 0 Å². The first-order chi connectivity index (χ1) is 8.69. The Morgan fingerprint density at radius 2 is 1.89 bits per heavy atom. The summed E-state index contributed by atoms with van der Waals surface area (Å²) in [4.78, 5) is 25.4. The molecule has 0 N–H and O–H groups in total. The van der Waals surface area contributed by atoms with E-state index in [2.05, 4.69) is 0 Å². The molecule has 0 aromatic carbocycles. The molecular formula is C14H25NO4. The fourth-order valence-electron chi connectivity index (χ4n) is 1.99. The number of hydrogen-bond donors (Lipinski definition) is 0. The van der Waals surface area contributed by atoms with E-state index >= 15 is 0 Å². The van der Waals surface area contributed by atoms with Crippen molar-refractivity contribution in [3.05, 3.63) is 0 Å². The van der Waals surface area contributed by atoms with Gasteiger partial charge in [0.15, 0.2) is 0 Å². The van der Waals surface area contributed by atoms with Gasteiger partial charge in [-0.3, -0.25) is 4.79 Å². The van der Waals surface area contributed by atoms with Crippen LogP contribution in [-0.2, 0) is 14.3 Å². The van der Waals surface area contributed by atoms with Crippen LogP contribution in [0.4, 0.5) is 4.79 Å². The van der Waals surface area contributed by atoms with Gasteiger partial charge >= 0.3 is 12.1 Å². The van der Waals surface area contributed by atoms with Crippen LogP contribution in [0.15, 0.2) is 0 Å². The smallest absolute Gasteiger partial charge is 0.410 e. The van der Waals surface area contributed by atoms with Crippen LogP contribution in [0.2, 0.25) is 0 Å². The van der Waals surface area contributed by atoms with Gasteiger partial charge in [0.1, 0.15) is 5.60 Å². The van der Waals surface area contributed by atoms with Gasteiger partial charge < -0.3 is 14.4 Å². The predicted octanol–water partition coefficient (Wildman–Crippen LogP) is 2.59. The summed E-state index contributed by atoms with van der Waals surface area (Å²) in [6.45, 7) is 10.2. The number of nitrogens with zero attached hydrogens (tertiary/aromatic N) is 1. The zero-order valence-electron chi connectivity index (χ0n) is 12.6. The molecular weight excluding hydrogens is 246 g/mol. The molecule has 110 valence electrons. The molecule has 1 aliphatic rings. The van der Waals surface area contributed by atoms with Gasteiger partial charge in [-0.25, -0.2) is 4.79 Å². The fourth-order valence-corrected chi connectivity index (χ4v) is 1.99. The lowest BCUT2D eigenvalue weighted by Crippen LogP contribution is -2.45. The van der Waals surface area contributed by atoms with Crippen LogP contribution in [0.25, 0.3) is 0 Å². The first kappa shape index (κ1) is 15.8. The summed E-state index contributed by atoms with van der Waals surface area (Å²) in [6.07, 6.45) is 1.10. The third-order valence-electron chi connectivity index (χ3n) is 2.76. The minimum absolute atomic E-state index is 0.121. The first-order valence-electron chi connectivity index (χ1n) is 6.87. The molecule has 5 nitrogen and oxygen atoms in total. The van der Waals surface area contributed by atoms with Gasteiger partial charge in [0.25, 0.3) is 0 Å². The van der Waals surface area contributed by atoms with Crippen molar-refractivity contribution in [1.82, 2.24) is 4.90 Å². The number of hydrogen-bond acceptors (Lipinski definition) is 4. The molecule has 0 bridgehead atoms. The molecule has 0 spiro atoms. The maximum atomic E-state index is 12.0. The van der Waals surface area contributed by atoms with Crippen molar-refractivity contribution >= 4 is 12.1 Å². The number of amides is 1. The van der Waals surface area contributed by atoms with E-state index in [1.807, 2.05) is 34.6 Å². The second kappa shape index (κ2) is 6.26. The average Bonchev–Trinajstić information content (AvgIpc) is 2.26. The van der Waals surface area contributed by atoms with Crippen LogP contribution in [0.1, 0.15) is 47.5 Å². The molecule has 0 aliphatic carbocycles. The highest BCUT2D eigenvalue weighted by Gasteiger charge is 2.32. The lowest BCUT2D eigenvalue weighted by atomic mass is 9.98. The summed E-state index contributed by atoms with van der Waals surface area (Å²) >= 11 is 0. The lowest BCUT2D eigenvalue weighted by molar-refractivity contribution is -0.154. The van der Waals surface area contributed by atoms with E-state index in [1.165, 1.54) is 0 Å². The molecule has 1 atom stereocenters. The fraction of sp³-hybridized carbons (Fsp3) is 0.857. The van der Waals surface area contributed by atoms with E-state index in [4.69, 9.17) is 9.47 Å². The monoisotopic (exact) mass is 271 g/mol. The Labute approximate surface area is 115 Å². The molecule has 1 aliphatic heterocycles. The Morgan fingerprint density at radius 3 is 2.42 bits per heavy atom. The zero-order chi connectivity index (χ0) is 14.6. The molecule has 1 amide bonds. The molecule has 1 rings (SSSR count). The summed E-state index contributed by atoms with van der Waals surface area (Å²) in [5.74, 6) is -0.452. The number of rotatable bonds is 2. The first-order valence-corrected chi connectivity index (χ1v) is 6.87. The van der Waals surface area contributed by atoms with Gasteiger partial charge in [0.05, 0.1) is 12.0 Å². The van der Waals surface area contributed by atoms with Crippen LogP contribution in [-0.4, -0.2) is 41.8 Å². The third kappa shape index (κ3) is 5.49. The summed E-state index contributed by atoms with van der Waals surface area (Å²) < 4.78 is 10.5. The predicted molar refractivity (Wildman–Crippen MR) is 71.8 cm³/mol. The Bertz CT molecular complexity index is 333. The summed E-state index contributed by atoms with van der Waals surface area (Å²) in [6, 6.07) is 0. The van der Waals surface area contributed by atoms with Crippen molar-refractivity contribution in [2.24, 2.45) is 5.92 Å². The number of esters is 1. The van der Waals surface area contributed by atoms with Crippen LogP contribution < -0.4 is 0 Å². The van der Waals surface area contributed by atoms with E-state index in [0.717, 1.165) is 12.8 Å². The highest BCUT2D eigenvalue weighted by atomic mass is 16.6. The van der Waals surface area contributed by atoms with Crippen LogP contribution >= 0.6 is 0 Å². The Balaban J connectivity index is 2.54. The Morgan fingerprint density at radius 1 is 1.26 bits per heavy atom. The Kier molecular flexibility index (Phi) is 5.20. The summed E-state index contributed by atoms with van der Waals surface area (Å²) in [7, 11) is 0. The van der Waals surface area contributed by atoms with Crippen molar-refractivity contribution in [2.75, 3.05) is 13.1 Å². The van der Waals surface area contributed by atoms with Gasteiger partial charge in [-0.1, -0.05) is 0 Å². The number of likely N-dealkylation sites (tertiary alicyclic amines) is 1. The van der Waals surface area contributed by atoms with Crippen LogP contribution in [0.5, 0.6) is 0 Å². The normalized spacial score (nSPS) is 20.3. The molecule has 0 aromatic heterocycles. The number of carbonyl (C=O) groups is 2. The largest absolute Gasteiger partial charge is 0.463 e. The van der Waals surface area contributed by atoms with Crippen molar-refractivity contribution in [1.29, 1.82) is 0 Å². The molecule has 5 heteroatoms. The molecule has 19 heavy (non-hydrogen) atoms. The number of carbonyl (C=O) groups excluding carboxylic acids is 2. The van der Waals surface area contributed by atoms with Crippen LogP contribution in [0, 0.1) is 5.92 Å². The van der Waals surface area contributed by atoms with E-state index in [-0.39, 0.29) is 24.1 Å². The van der Waals surface area contributed by atoms with Crippen molar-refractivity contribution < 1.29 is 19.1 Å². The van der Waals surface area contributed by atoms with Crippen molar-refractivity contribution in [3.63, 3.8) is 0 Å². The molecule has 0 aromatic rings. The van der Waals surface area contributed by atoms with E-state index in [9.17, 15) is 9.59 Å². The maximum Gasteiger partial charge on any atom is 0.410 e. The number of piperidine rings is 1. The standard InChI is InChI=1S/C14H25NO4/c1-10(2)18-12(16)11-7-6-8-15(9-11)13(17)19-14(3,4)5/h10-11H,6-9H2,1-5H3. The second-order valence-electron chi connectivity index (χ2n) is 6.25. The van der Waals surface area contributed by atoms with Gasteiger partial charge in [-0.2, -0.15) is 0 Å². The highest BCUT2D eigenvalue weighted by Crippen LogP contribution is 2.20. The topological polar surface area (TPSA) is 55.8 Å². The second-order valence-corrected chi connectivity index (χ2v) is 6.25. The van der Waals surface area contributed by atoms with E-state index < -0.39 is 5.60 Å². The summed E-state index contributed by atoms with van der Waals surface area (Å²) in [5.41, 5.74) is -0.511. The Hall–Kier alpha value is -1.26. The molecule has 1 saturated heterocycles. The molecule has 1 fully saturated rings. The van der Waals surface area contributed by atoms with Gasteiger partial charge in [0, 0.05) is 13.1 Å². The maximum absolute atomic E-state index is 12.0. The number of ether oxygens (including phenoxy) is 2. The molecule has 0 radical (unpaired) electrons. The van der Waals surface area contributed by atoms with Crippen LogP contribution in [0.3, 0.4) is 0 Å². The zero-order valence-corrected chi connectivity index (χ0v) is 12.6. The third-order valence-corrected chi connectivity index (χ3v) is 2.76. The van der Waals surface area contributed by atoms with E-state index in [1.54, 1.807) is 4.90 Å². The average molecular weight is 271 g/mol. The van der Waals surface area contributed by atoms with Gasteiger partial charge in [0.2, 0.25) is 0 Å².